The van der Waals surface area contributed by atoms with E-state index in [9.17, 15) is 5.11 Å². The van der Waals surface area contributed by atoms with Crippen molar-refractivity contribution in [2.24, 2.45) is 5.92 Å². The topological polar surface area (TPSA) is 35.5 Å². The number of piperidine rings is 1. The summed E-state index contributed by atoms with van der Waals surface area (Å²) in [6, 6.07) is 0.703. The number of aliphatic hydroxyl groups excluding tert-OH is 1. The summed E-state index contributed by atoms with van der Waals surface area (Å²) in [7, 11) is 0. The van der Waals surface area contributed by atoms with Gasteiger partial charge >= 0.3 is 0 Å². The number of hydrogen-bond donors (Lipinski definition) is 2. The maximum Gasteiger partial charge on any atom is 0.0613 e. The Labute approximate surface area is 125 Å². The molecule has 1 saturated carbocycles. The molecule has 0 aromatic rings. The molecule has 0 radical (unpaired) electrons. The van der Waals surface area contributed by atoms with E-state index in [1.165, 1.54) is 45.2 Å². The van der Waals surface area contributed by atoms with Gasteiger partial charge in [-0.15, -0.1) is 0 Å². The molecule has 0 amide bonds. The van der Waals surface area contributed by atoms with Crippen molar-refractivity contribution in [2.45, 2.75) is 76.8 Å². The highest BCUT2D eigenvalue weighted by atomic mass is 16.3. The van der Waals surface area contributed by atoms with E-state index in [1.54, 1.807) is 0 Å². The first kappa shape index (κ1) is 16.3. The van der Waals surface area contributed by atoms with E-state index in [-0.39, 0.29) is 5.54 Å². The molecule has 0 aromatic heterocycles. The minimum Gasteiger partial charge on any atom is -0.394 e. The largest absolute Gasteiger partial charge is 0.394 e. The second kappa shape index (κ2) is 7.77. The number of nitrogens with one attached hydrogen (secondary N) is 1. The Bertz CT molecular complexity index is 276. The van der Waals surface area contributed by atoms with Gasteiger partial charge in [0.05, 0.1) is 6.61 Å². The Morgan fingerprint density at radius 2 is 1.90 bits per heavy atom. The molecule has 1 saturated heterocycles. The Morgan fingerprint density at radius 3 is 2.50 bits per heavy atom. The van der Waals surface area contributed by atoms with Crippen LogP contribution in [0.3, 0.4) is 0 Å². The highest BCUT2D eigenvalue weighted by molar-refractivity contribution is 4.99. The van der Waals surface area contributed by atoms with Crippen LogP contribution in [-0.4, -0.2) is 47.8 Å². The van der Waals surface area contributed by atoms with Gasteiger partial charge in [-0.3, -0.25) is 0 Å². The van der Waals surface area contributed by atoms with Crippen LogP contribution < -0.4 is 5.32 Å². The molecule has 1 heterocycles. The van der Waals surface area contributed by atoms with Gasteiger partial charge in [-0.25, -0.2) is 0 Å². The van der Waals surface area contributed by atoms with E-state index >= 15 is 0 Å². The van der Waals surface area contributed by atoms with Crippen LogP contribution in [0, 0.1) is 5.92 Å². The van der Waals surface area contributed by atoms with Crippen LogP contribution in [0.4, 0.5) is 0 Å². The first-order valence-corrected chi connectivity index (χ1v) is 8.83. The molecular formula is C17H34N2O. The lowest BCUT2D eigenvalue weighted by molar-refractivity contribution is 0.112. The molecule has 2 atom stereocenters. The second-order valence-corrected chi connectivity index (χ2v) is 7.03. The molecule has 1 aliphatic carbocycles. The Hall–Kier alpha value is -0.120. The summed E-state index contributed by atoms with van der Waals surface area (Å²) >= 11 is 0. The third kappa shape index (κ3) is 3.96. The zero-order valence-corrected chi connectivity index (χ0v) is 13.5. The van der Waals surface area contributed by atoms with Crippen molar-refractivity contribution in [3.8, 4) is 0 Å². The van der Waals surface area contributed by atoms with Crippen LogP contribution in [0.15, 0.2) is 0 Å². The van der Waals surface area contributed by atoms with E-state index in [4.69, 9.17) is 0 Å². The standard InChI is InChI=1S/C17H34N2O/c1-3-5-15-7-11-19(12-8-15)16-6-9-17(13-16,14-20)18-10-4-2/h15-16,18,20H,3-14H2,1-2H3. The van der Waals surface area contributed by atoms with Crippen molar-refractivity contribution in [3.63, 3.8) is 0 Å². The number of rotatable bonds is 7. The monoisotopic (exact) mass is 282 g/mol. The minimum absolute atomic E-state index is 0.0148. The molecule has 118 valence electrons. The maximum atomic E-state index is 9.79. The highest BCUT2D eigenvalue weighted by Gasteiger charge is 2.40. The number of aliphatic hydroxyl groups is 1. The lowest BCUT2D eigenvalue weighted by Gasteiger charge is -2.37. The van der Waals surface area contributed by atoms with E-state index in [0.29, 0.717) is 12.6 Å². The average Bonchev–Trinajstić information content (AvgIpc) is 2.91. The molecule has 2 rings (SSSR count). The van der Waals surface area contributed by atoms with Crippen LogP contribution in [0.2, 0.25) is 0 Å². The van der Waals surface area contributed by atoms with Gasteiger partial charge in [0.2, 0.25) is 0 Å². The summed E-state index contributed by atoms with van der Waals surface area (Å²) in [4.78, 5) is 2.71. The van der Waals surface area contributed by atoms with Gasteiger partial charge in [-0.05, 0) is 64.1 Å². The number of hydrogen-bond acceptors (Lipinski definition) is 3. The van der Waals surface area contributed by atoms with Gasteiger partial charge < -0.3 is 15.3 Å². The van der Waals surface area contributed by atoms with Gasteiger partial charge in [-0.1, -0.05) is 26.7 Å². The minimum atomic E-state index is 0.0148. The van der Waals surface area contributed by atoms with Gasteiger partial charge in [0.25, 0.3) is 0 Å². The molecule has 2 aliphatic rings. The first-order chi connectivity index (χ1) is 9.73. The molecule has 3 nitrogen and oxygen atoms in total. The highest BCUT2D eigenvalue weighted by Crippen LogP contribution is 2.35. The molecular weight excluding hydrogens is 248 g/mol. The van der Waals surface area contributed by atoms with Gasteiger partial charge in [0, 0.05) is 11.6 Å². The maximum absolute atomic E-state index is 9.79. The number of likely N-dealkylation sites (tertiary alicyclic amines) is 1. The fourth-order valence-corrected chi connectivity index (χ4v) is 4.17. The van der Waals surface area contributed by atoms with Crippen molar-refractivity contribution in [3.05, 3.63) is 0 Å². The Morgan fingerprint density at radius 1 is 1.15 bits per heavy atom. The van der Waals surface area contributed by atoms with Crippen molar-refractivity contribution >= 4 is 0 Å². The molecule has 0 aromatic carbocycles. The molecule has 2 N–H and O–H groups in total. The zero-order valence-electron chi connectivity index (χ0n) is 13.5. The molecule has 2 fully saturated rings. The fourth-order valence-electron chi connectivity index (χ4n) is 4.17. The Balaban J connectivity index is 1.80. The molecule has 0 bridgehead atoms. The van der Waals surface area contributed by atoms with Crippen molar-refractivity contribution < 1.29 is 5.11 Å². The summed E-state index contributed by atoms with van der Waals surface area (Å²) in [5, 5.41) is 13.4. The zero-order chi connectivity index (χ0) is 14.4. The second-order valence-electron chi connectivity index (χ2n) is 7.03. The first-order valence-electron chi connectivity index (χ1n) is 8.83. The summed E-state index contributed by atoms with van der Waals surface area (Å²) in [6.07, 6.45) is 10.2. The van der Waals surface area contributed by atoms with Gasteiger partial charge in [-0.2, -0.15) is 0 Å². The molecule has 0 spiro atoms. The van der Waals surface area contributed by atoms with Gasteiger partial charge in [0.15, 0.2) is 0 Å². The smallest absolute Gasteiger partial charge is 0.0613 e. The Kier molecular flexibility index (Phi) is 6.31. The SMILES string of the molecule is CCCNC1(CO)CCC(N2CCC(CCC)CC2)C1. The molecule has 2 unspecified atom stereocenters. The van der Waals surface area contributed by atoms with Crippen molar-refractivity contribution in [2.75, 3.05) is 26.2 Å². The summed E-state index contributed by atoms with van der Waals surface area (Å²) < 4.78 is 0. The third-order valence-electron chi connectivity index (χ3n) is 5.50. The lowest BCUT2D eigenvalue weighted by Crippen LogP contribution is -2.49. The molecule has 1 aliphatic heterocycles. The average molecular weight is 282 g/mol. The van der Waals surface area contributed by atoms with Crippen LogP contribution in [0.25, 0.3) is 0 Å². The van der Waals surface area contributed by atoms with Crippen molar-refractivity contribution in [1.82, 2.24) is 10.2 Å². The summed E-state index contributed by atoms with van der Waals surface area (Å²) in [6.45, 7) is 8.40. The quantitative estimate of drug-likeness (QED) is 0.754. The van der Waals surface area contributed by atoms with Crippen LogP contribution in [-0.2, 0) is 0 Å². The van der Waals surface area contributed by atoms with E-state index in [1.807, 2.05) is 0 Å². The van der Waals surface area contributed by atoms with Crippen molar-refractivity contribution in [1.29, 1.82) is 0 Å². The van der Waals surface area contributed by atoms with E-state index < -0.39 is 0 Å². The summed E-state index contributed by atoms with van der Waals surface area (Å²) in [5.41, 5.74) is 0.0148. The van der Waals surface area contributed by atoms with Crippen LogP contribution in [0.5, 0.6) is 0 Å². The number of nitrogens with zero attached hydrogens (tertiary/aromatic N) is 1. The molecule has 3 heteroatoms. The van der Waals surface area contributed by atoms with Crippen LogP contribution in [0.1, 0.15) is 65.2 Å². The normalized spacial score (nSPS) is 32.9. The van der Waals surface area contributed by atoms with E-state index in [2.05, 4.69) is 24.1 Å². The third-order valence-corrected chi connectivity index (χ3v) is 5.50. The van der Waals surface area contributed by atoms with Crippen LogP contribution >= 0.6 is 0 Å². The van der Waals surface area contributed by atoms with E-state index in [0.717, 1.165) is 31.7 Å². The molecule has 20 heavy (non-hydrogen) atoms. The lowest BCUT2D eigenvalue weighted by atomic mass is 9.91. The summed E-state index contributed by atoms with van der Waals surface area (Å²) in [5.74, 6) is 0.971. The fraction of sp³-hybridized carbons (Fsp3) is 1.00. The predicted octanol–water partition coefficient (Wildman–Crippen LogP) is 2.78. The van der Waals surface area contributed by atoms with Gasteiger partial charge in [0.1, 0.15) is 0 Å². The predicted molar refractivity (Wildman–Crippen MR) is 85.0 cm³/mol.